The van der Waals surface area contributed by atoms with Gasteiger partial charge in [0.05, 0.1) is 10.4 Å². The van der Waals surface area contributed by atoms with Gasteiger partial charge in [-0.1, -0.05) is 29.2 Å². The van der Waals surface area contributed by atoms with Crippen LogP contribution >= 0.6 is 23.1 Å². The molecule has 0 unspecified atom stereocenters. The van der Waals surface area contributed by atoms with Gasteiger partial charge in [-0.3, -0.25) is 4.79 Å². The first-order valence-electron chi connectivity index (χ1n) is 7.05. The number of nitrogens with zero attached hydrogens (tertiary/aromatic N) is 1. The molecule has 0 bridgehead atoms. The summed E-state index contributed by atoms with van der Waals surface area (Å²) >= 11 is 3.25. The molecule has 1 fully saturated rings. The second kappa shape index (κ2) is 5.81. The van der Waals surface area contributed by atoms with Crippen molar-refractivity contribution in [2.75, 3.05) is 5.32 Å². The largest absolute Gasteiger partial charge is 0.302 e. The lowest BCUT2D eigenvalue weighted by atomic mass is 10.1. The first-order valence-corrected chi connectivity index (χ1v) is 8.68. The molecule has 1 saturated carbocycles. The Bertz CT molecular complexity index is 690. The van der Waals surface area contributed by atoms with Crippen LogP contribution in [0.3, 0.4) is 0 Å². The first kappa shape index (κ1) is 14.6. The minimum atomic E-state index is 0.114. The molecule has 0 atom stereocenters. The van der Waals surface area contributed by atoms with Crippen LogP contribution in [0.15, 0.2) is 27.4 Å². The summed E-state index contributed by atoms with van der Waals surface area (Å²) in [5.74, 6) is 0.329. The van der Waals surface area contributed by atoms with E-state index in [1.165, 1.54) is 32.9 Å². The number of thiazole rings is 1. The van der Waals surface area contributed by atoms with Crippen LogP contribution in [0, 0.1) is 26.7 Å². The zero-order valence-electron chi connectivity index (χ0n) is 12.4. The van der Waals surface area contributed by atoms with Crippen molar-refractivity contribution in [3.8, 4) is 0 Å². The molecule has 3 nitrogen and oxygen atoms in total. The number of anilines is 1. The third-order valence-electron chi connectivity index (χ3n) is 3.66. The van der Waals surface area contributed by atoms with Crippen molar-refractivity contribution >= 4 is 34.1 Å². The van der Waals surface area contributed by atoms with E-state index in [2.05, 4.69) is 43.2 Å². The van der Waals surface area contributed by atoms with Crippen LogP contribution < -0.4 is 5.32 Å². The Morgan fingerprint density at radius 2 is 1.95 bits per heavy atom. The van der Waals surface area contributed by atoms with Crippen LogP contribution in [0.1, 0.15) is 29.5 Å². The number of hydrogen-bond donors (Lipinski definition) is 1. The van der Waals surface area contributed by atoms with Gasteiger partial charge in [0.25, 0.3) is 0 Å². The number of rotatable bonds is 4. The number of carbonyl (C=O) groups excluding carboxylic acids is 1. The average molecular weight is 318 g/mol. The number of amides is 1. The van der Waals surface area contributed by atoms with E-state index in [1.807, 2.05) is 6.20 Å². The summed E-state index contributed by atoms with van der Waals surface area (Å²) in [5.41, 5.74) is 3.90. The van der Waals surface area contributed by atoms with Crippen molar-refractivity contribution in [3.05, 3.63) is 35.0 Å². The Kier molecular flexibility index (Phi) is 4.04. The fourth-order valence-corrected chi connectivity index (χ4v) is 4.07. The van der Waals surface area contributed by atoms with Gasteiger partial charge in [0.2, 0.25) is 5.91 Å². The molecular formula is C16H18N2OS2. The van der Waals surface area contributed by atoms with E-state index in [1.54, 1.807) is 11.8 Å². The van der Waals surface area contributed by atoms with E-state index < -0.39 is 0 Å². The molecule has 3 rings (SSSR count). The van der Waals surface area contributed by atoms with E-state index in [9.17, 15) is 4.79 Å². The molecule has 0 spiro atoms. The van der Waals surface area contributed by atoms with E-state index in [4.69, 9.17) is 0 Å². The second-order valence-electron chi connectivity index (χ2n) is 5.55. The van der Waals surface area contributed by atoms with Gasteiger partial charge in [-0.25, -0.2) is 4.98 Å². The van der Waals surface area contributed by atoms with Crippen LogP contribution in [-0.2, 0) is 4.79 Å². The van der Waals surface area contributed by atoms with Gasteiger partial charge in [0.1, 0.15) is 0 Å². The molecule has 1 amide bonds. The lowest BCUT2D eigenvalue weighted by Crippen LogP contribution is -2.12. The Morgan fingerprint density at radius 3 is 2.67 bits per heavy atom. The molecule has 1 aliphatic rings. The monoisotopic (exact) mass is 318 g/mol. The van der Waals surface area contributed by atoms with Crippen LogP contribution in [-0.4, -0.2) is 10.9 Å². The van der Waals surface area contributed by atoms with Crippen molar-refractivity contribution < 1.29 is 4.79 Å². The minimum absolute atomic E-state index is 0.114. The summed E-state index contributed by atoms with van der Waals surface area (Å²) < 4.78 is 1.10. The summed E-state index contributed by atoms with van der Waals surface area (Å²) in [5, 5.41) is 3.60. The lowest BCUT2D eigenvalue weighted by molar-refractivity contribution is -0.117. The van der Waals surface area contributed by atoms with Crippen LogP contribution in [0.25, 0.3) is 0 Å². The molecular weight excluding hydrogens is 300 g/mol. The predicted octanol–water partition coefficient (Wildman–Crippen LogP) is 4.57. The molecule has 1 N–H and O–H groups in total. The predicted molar refractivity (Wildman–Crippen MR) is 88.2 cm³/mol. The molecule has 1 aromatic heterocycles. The molecule has 2 aromatic rings. The zero-order valence-corrected chi connectivity index (χ0v) is 14.0. The molecule has 1 aliphatic carbocycles. The maximum Gasteiger partial charge on any atom is 0.229 e. The number of aromatic nitrogens is 1. The normalized spacial score (nSPS) is 14.2. The summed E-state index contributed by atoms with van der Waals surface area (Å²) in [7, 11) is 0. The fraction of sp³-hybridized carbons (Fsp3) is 0.375. The molecule has 1 heterocycles. The van der Waals surface area contributed by atoms with Gasteiger partial charge in [0, 0.05) is 10.8 Å². The number of carbonyl (C=O) groups is 1. The van der Waals surface area contributed by atoms with E-state index in [0.29, 0.717) is 5.13 Å². The average Bonchev–Trinajstić information content (AvgIpc) is 3.19. The Morgan fingerprint density at radius 1 is 1.24 bits per heavy atom. The van der Waals surface area contributed by atoms with Crippen LogP contribution in [0.5, 0.6) is 0 Å². The quantitative estimate of drug-likeness (QED) is 0.898. The number of aryl methyl sites for hydroxylation is 3. The molecule has 0 saturated heterocycles. The summed E-state index contributed by atoms with van der Waals surface area (Å²) in [6, 6.07) is 4.44. The van der Waals surface area contributed by atoms with Gasteiger partial charge < -0.3 is 5.32 Å². The molecule has 1 aromatic carbocycles. The van der Waals surface area contributed by atoms with Gasteiger partial charge in [0.15, 0.2) is 5.13 Å². The van der Waals surface area contributed by atoms with Crippen molar-refractivity contribution in [1.29, 1.82) is 0 Å². The summed E-state index contributed by atoms with van der Waals surface area (Å²) in [6.07, 6.45) is 3.87. The highest BCUT2D eigenvalue weighted by Gasteiger charge is 2.30. The first-order chi connectivity index (χ1) is 10.0. The molecule has 110 valence electrons. The van der Waals surface area contributed by atoms with E-state index in [0.717, 1.165) is 17.1 Å². The van der Waals surface area contributed by atoms with Crippen molar-refractivity contribution in [2.24, 2.45) is 5.92 Å². The van der Waals surface area contributed by atoms with Gasteiger partial charge in [-0.05, 0) is 56.4 Å². The third kappa shape index (κ3) is 3.47. The second-order valence-corrected chi connectivity index (χ2v) is 7.92. The molecule has 0 radical (unpaired) electrons. The lowest BCUT2D eigenvalue weighted by Gasteiger charge is -2.07. The highest BCUT2D eigenvalue weighted by atomic mass is 32.2. The van der Waals surface area contributed by atoms with Crippen LogP contribution in [0.4, 0.5) is 5.13 Å². The van der Waals surface area contributed by atoms with Crippen molar-refractivity contribution in [3.63, 3.8) is 0 Å². The van der Waals surface area contributed by atoms with Gasteiger partial charge in [-0.15, -0.1) is 0 Å². The van der Waals surface area contributed by atoms with Gasteiger partial charge >= 0.3 is 0 Å². The van der Waals surface area contributed by atoms with E-state index in [-0.39, 0.29) is 11.8 Å². The Labute approximate surface area is 133 Å². The van der Waals surface area contributed by atoms with Gasteiger partial charge in [-0.2, -0.15) is 0 Å². The Hall–Kier alpha value is -1.33. The number of hydrogen-bond acceptors (Lipinski definition) is 4. The summed E-state index contributed by atoms with van der Waals surface area (Å²) in [4.78, 5) is 17.3. The Balaban J connectivity index is 1.72. The molecule has 21 heavy (non-hydrogen) atoms. The van der Waals surface area contributed by atoms with Crippen molar-refractivity contribution in [2.45, 2.75) is 42.7 Å². The van der Waals surface area contributed by atoms with Crippen molar-refractivity contribution in [1.82, 2.24) is 4.98 Å². The SMILES string of the molecule is Cc1cc(C)c(Sc2cnc(NC(=O)C3CC3)s2)cc1C. The highest BCUT2D eigenvalue weighted by molar-refractivity contribution is 8.01. The zero-order chi connectivity index (χ0) is 15.0. The standard InChI is InChI=1S/C16H18N2OS2/c1-9-6-11(3)13(7-10(9)2)20-14-8-17-16(21-14)18-15(19)12-4-5-12/h6-8,12H,4-5H2,1-3H3,(H,17,18,19). The highest BCUT2D eigenvalue weighted by Crippen LogP contribution is 2.37. The van der Waals surface area contributed by atoms with Crippen LogP contribution in [0.2, 0.25) is 0 Å². The minimum Gasteiger partial charge on any atom is -0.302 e. The number of benzene rings is 1. The topological polar surface area (TPSA) is 42.0 Å². The molecule has 5 heteroatoms. The summed E-state index contributed by atoms with van der Waals surface area (Å²) in [6.45, 7) is 6.40. The number of nitrogens with one attached hydrogen (secondary N) is 1. The third-order valence-corrected chi connectivity index (χ3v) is 5.84. The molecule has 0 aliphatic heterocycles. The maximum atomic E-state index is 11.7. The fourth-order valence-electron chi connectivity index (χ4n) is 2.07. The van der Waals surface area contributed by atoms with E-state index >= 15 is 0 Å². The maximum absolute atomic E-state index is 11.7. The smallest absolute Gasteiger partial charge is 0.229 e.